The molecule has 0 unspecified atom stereocenters. The fraction of sp³-hybridized carbons (Fsp3) is 0.381. The highest BCUT2D eigenvalue weighted by Crippen LogP contribution is 2.31. The molecule has 1 aliphatic heterocycles. The lowest BCUT2D eigenvalue weighted by Crippen LogP contribution is -2.50. The summed E-state index contributed by atoms with van der Waals surface area (Å²) in [7, 11) is -1.12. The summed E-state index contributed by atoms with van der Waals surface area (Å²) in [4.78, 5) is 14.6. The number of carbonyl (C=O) groups excluding carboxylic acids is 1. The third-order valence-electron chi connectivity index (χ3n) is 5.08. The minimum Gasteiger partial charge on any atom is -0.493 e. The first-order valence-corrected chi connectivity index (χ1v) is 11.6. The number of rotatable bonds is 8. The van der Waals surface area contributed by atoms with Crippen LogP contribution in [0.15, 0.2) is 47.4 Å². The van der Waals surface area contributed by atoms with Crippen LogP contribution in [-0.4, -0.2) is 70.5 Å². The van der Waals surface area contributed by atoms with Crippen molar-refractivity contribution in [3.05, 3.63) is 53.1 Å². The van der Waals surface area contributed by atoms with Gasteiger partial charge in [-0.05, 0) is 23.8 Å². The normalized spacial score (nSPS) is 14.5. The van der Waals surface area contributed by atoms with Crippen LogP contribution in [0, 0.1) is 0 Å². The van der Waals surface area contributed by atoms with Gasteiger partial charge in [0.15, 0.2) is 11.5 Å². The van der Waals surface area contributed by atoms with Crippen LogP contribution in [0.2, 0.25) is 5.02 Å². The molecule has 31 heavy (non-hydrogen) atoms. The zero-order valence-electron chi connectivity index (χ0n) is 17.5. The minimum atomic E-state index is -4.03. The lowest BCUT2D eigenvalue weighted by molar-refractivity contribution is -0.132. The Morgan fingerprint density at radius 2 is 1.77 bits per heavy atom. The Hall–Kier alpha value is -2.33. The monoisotopic (exact) mass is 467 g/mol. The number of ether oxygens (including phenoxy) is 2. The molecule has 10 heteroatoms. The molecule has 0 atom stereocenters. The summed E-state index contributed by atoms with van der Waals surface area (Å²) in [6, 6.07) is 11.3. The molecule has 0 saturated carbocycles. The van der Waals surface area contributed by atoms with Crippen LogP contribution in [0.5, 0.6) is 11.5 Å². The van der Waals surface area contributed by atoms with Crippen LogP contribution in [0.25, 0.3) is 0 Å². The number of benzene rings is 2. The van der Waals surface area contributed by atoms with E-state index in [1.54, 1.807) is 29.2 Å². The van der Waals surface area contributed by atoms with Crippen molar-refractivity contribution in [2.75, 3.05) is 46.9 Å². The van der Waals surface area contributed by atoms with Gasteiger partial charge in [-0.1, -0.05) is 29.8 Å². The minimum absolute atomic E-state index is 0.00492. The molecule has 8 nitrogen and oxygen atoms in total. The van der Waals surface area contributed by atoms with Gasteiger partial charge in [-0.3, -0.25) is 4.79 Å². The van der Waals surface area contributed by atoms with Crippen molar-refractivity contribution < 1.29 is 22.7 Å². The SMILES string of the molecule is COc1ccc(S(=O)(=O)N(CC(=O)N2CCNCC2)Cc2ccccc2Cl)cc1OC. The fourth-order valence-corrected chi connectivity index (χ4v) is 4.91. The summed E-state index contributed by atoms with van der Waals surface area (Å²) in [5.41, 5.74) is 0.612. The van der Waals surface area contributed by atoms with Crippen molar-refractivity contribution in [1.29, 1.82) is 0 Å². The number of methoxy groups -OCH3 is 2. The van der Waals surface area contributed by atoms with E-state index in [-0.39, 0.29) is 29.6 Å². The quantitative estimate of drug-likeness (QED) is 0.638. The summed E-state index contributed by atoms with van der Waals surface area (Å²) in [5.74, 6) is 0.448. The highest BCUT2D eigenvalue weighted by atomic mass is 35.5. The van der Waals surface area contributed by atoms with E-state index in [0.29, 0.717) is 42.5 Å². The van der Waals surface area contributed by atoms with Crippen molar-refractivity contribution >= 4 is 27.5 Å². The fourth-order valence-electron chi connectivity index (χ4n) is 3.33. The smallest absolute Gasteiger partial charge is 0.243 e. The standard InChI is InChI=1S/C21H26ClN3O5S/c1-29-19-8-7-17(13-20(19)30-2)31(27,28)25(14-16-5-3-4-6-18(16)22)15-21(26)24-11-9-23-10-12-24/h3-8,13,23H,9-12,14-15H2,1-2H3. The molecule has 1 saturated heterocycles. The highest BCUT2D eigenvalue weighted by Gasteiger charge is 2.30. The van der Waals surface area contributed by atoms with E-state index in [1.165, 1.54) is 32.4 Å². The Bertz CT molecular complexity index is 1030. The molecule has 0 aliphatic carbocycles. The topological polar surface area (TPSA) is 88.2 Å². The second-order valence-corrected chi connectivity index (χ2v) is 9.36. The van der Waals surface area contributed by atoms with Crippen molar-refractivity contribution in [3.63, 3.8) is 0 Å². The van der Waals surface area contributed by atoms with E-state index in [1.807, 2.05) is 0 Å². The number of halogens is 1. The molecule has 1 amide bonds. The van der Waals surface area contributed by atoms with Gasteiger partial charge < -0.3 is 19.7 Å². The van der Waals surface area contributed by atoms with E-state index in [0.717, 1.165) is 4.31 Å². The molecule has 0 bridgehead atoms. The summed E-state index contributed by atoms with van der Waals surface area (Å²) in [5, 5.41) is 3.62. The van der Waals surface area contributed by atoms with Crippen LogP contribution in [0.4, 0.5) is 0 Å². The second kappa shape index (κ2) is 10.3. The predicted molar refractivity (Wildman–Crippen MR) is 118 cm³/mol. The maximum Gasteiger partial charge on any atom is 0.243 e. The van der Waals surface area contributed by atoms with Crippen LogP contribution in [0.1, 0.15) is 5.56 Å². The van der Waals surface area contributed by atoms with Gasteiger partial charge in [-0.15, -0.1) is 0 Å². The highest BCUT2D eigenvalue weighted by molar-refractivity contribution is 7.89. The van der Waals surface area contributed by atoms with Gasteiger partial charge in [0, 0.05) is 43.8 Å². The van der Waals surface area contributed by atoms with Crippen LogP contribution >= 0.6 is 11.6 Å². The van der Waals surface area contributed by atoms with Crippen molar-refractivity contribution in [2.24, 2.45) is 0 Å². The number of amides is 1. The molecule has 1 fully saturated rings. The molecule has 1 aliphatic rings. The zero-order valence-corrected chi connectivity index (χ0v) is 19.1. The molecule has 0 radical (unpaired) electrons. The average Bonchev–Trinajstić information content (AvgIpc) is 2.79. The van der Waals surface area contributed by atoms with Gasteiger partial charge in [0.1, 0.15) is 0 Å². The number of piperazine rings is 1. The Morgan fingerprint density at radius 3 is 2.42 bits per heavy atom. The van der Waals surface area contributed by atoms with Gasteiger partial charge in [-0.25, -0.2) is 8.42 Å². The number of nitrogens with one attached hydrogen (secondary N) is 1. The summed E-state index contributed by atoms with van der Waals surface area (Å²) >= 11 is 6.28. The van der Waals surface area contributed by atoms with Crippen LogP contribution in [0.3, 0.4) is 0 Å². The van der Waals surface area contributed by atoms with Gasteiger partial charge in [0.25, 0.3) is 0 Å². The van der Waals surface area contributed by atoms with Gasteiger partial charge in [0.05, 0.1) is 25.7 Å². The first-order chi connectivity index (χ1) is 14.9. The van der Waals surface area contributed by atoms with E-state index in [2.05, 4.69) is 5.32 Å². The number of sulfonamides is 1. The van der Waals surface area contributed by atoms with E-state index >= 15 is 0 Å². The van der Waals surface area contributed by atoms with Crippen molar-refractivity contribution in [1.82, 2.24) is 14.5 Å². The summed E-state index contributed by atoms with van der Waals surface area (Å²) < 4.78 is 38.7. The molecule has 168 valence electrons. The van der Waals surface area contributed by atoms with Gasteiger partial charge in [0.2, 0.25) is 15.9 Å². The lowest BCUT2D eigenvalue weighted by atomic mass is 10.2. The zero-order chi connectivity index (χ0) is 22.4. The Labute approximate surface area is 187 Å². The molecule has 3 rings (SSSR count). The van der Waals surface area contributed by atoms with Gasteiger partial charge >= 0.3 is 0 Å². The molecule has 1 heterocycles. The third-order valence-corrected chi connectivity index (χ3v) is 7.24. The molecule has 1 N–H and O–H groups in total. The largest absolute Gasteiger partial charge is 0.493 e. The first-order valence-electron chi connectivity index (χ1n) is 9.81. The summed E-state index contributed by atoms with van der Waals surface area (Å²) in [6.07, 6.45) is 0. The second-order valence-electron chi connectivity index (χ2n) is 7.01. The van der Waals surface area contributed by atoms with E-state index in [9.17, 15) is 13.2 Å². The van der Waals surface area contributed by atoms with Crippen molar-refractivity contribution in [2.45, 2.75) is 11.4 Å². The third kappa shape index (κ3) is 5.48. The van der Waals surface area contributed by atoms with Crippen LogP contribution < -0.4 is 14.8 Å². The predicted octanol–water partition coefficient (Wildman–Crippen LogP) is 1.98. The maximum atomic E-state index is 13.5. The molecule has 2 aromatic carbocycles. The van der Waals surface area contributed by atoms with E-state index in [4.69, 9.17) is 21.1 Å². The molecule has 2 aromatic rings. The van der Waals surface area contributed by atoms with Crippen molar-refractivity contribution in [3.8, 4) is 11.5 Å². The first kappa shape index (κ1) is 23.3. The summed E-state index contributed by atoms with van der Waals surface area (Å²) in [6.45, 7) is 2.11. The molecular weight excluding hydrogens is 442 g/mol. The number of carbonyl (C=O) groups is 1. The molecule has 0 spiro atoms. The Morgan fingerprint density at radius 1 is 1.10 bits per heavy atom. The Balaban J connectivity index is 1.95. The molecule has 0 aromatic heterocycles. The average molecular weight is 468 g/mol. The van der Waals surface area contributed by atoms with Crippen LogP contribution in [-0.2, 0) is 21.4 Å². The Kier molecular flexibility index (Phi) is 7.77. The number of hydrogen-bond donors (Lipinski definition) is 1. The lowest BCUT2D eigenvalue weighted by Gasteiger charge is -2.30. The van der Waals surface area contributed by atoms with Gasteiger partial charge in [-0.2, -0.15) is 4.31 Å². The number of hydrogen-bond acceptors (Lipinski definition) is 6. The van der Waals surface area contributed by atoms with E-state index < -0.39 is 10.0 Å². The maximum absolute atomic E-state index is 13.5. The molecular formula is C21H26ClN3O5S. The number of nitrogens with zero attached hydrogens (tertiary/aromatic N) is 2.